The lowest BCUT2D eigenvalue weighted by molar-refractivity contribution is 0.0953. The first-order valence-electron chi connectivity index (χ1n) is 8.41. The Morgan fingerprint density at radius 2 is 1.52 bits per heavy atom. The van der Waals surface area contributed by atoms with Crippen LogP contribution in [0.25, 0.3) is 11.1 Å². The number of aryl methyl sites for hydroxylation is 1. The Bertz CT molecular complexity index is 828. The molecule has 0 aliphatic heterocycles. The Morgan fingerprint density at radius 1 is 0.840 bits per heavy atom. The third kappa shape index (κ3) is 4.54. The van der Waals surface area contributed by atoms with Crippen molar-refractivity contribution in [2.75, 3.05) is 6.54 Å². The van der Waals surface area contributed by atoms with Gasteiger partial charge in [-0.3, -0.25) is 4.79 Å². The monoisotopic (exact) mass is 333 g/mol. The summed E-state index contributed by atoms with van der Waals surface area (Å²) in [6.45, 7) is 0.628. The molecule has 3 rings (SSSR count). The molecular formula is C22H20FNO. The number of hydrogen-bond donors (Lipinski definition) is 1. The van der Waals surface area contributed by atoms with Gasteiger partial charge >= 0.3 is 0 Å². The van der Waals surface area contributed by atoms with Crippen LogP contribution in [-0.2, 0) is 6.42 Å². The van der Waals surface area contributed by atoms with Gasteiger partial charge in [0.15, 0.2) is 0 Å². The highest BCUT2D eigenvalue weighted by molar-refractivity contribution is 5.94. The normalized spacial score (nSPS) is 10.4. The van der Waals surface area contributed by atoms with Crippen LogP contribution in [0.3, 0.4) is 0 Å². The molecule has 0 radical (unpaired) electrons. The standard InChI is InChI=1S/C22H20FNO/c23-21-11-5-4-10-20(21)18-14-12-17(13-15-18)7-6-16-24-22(25)19-8-2-1-3-9-19/h1-5,8-15H,6-7,16H2,(H,24,25). The van der Waals surface area contributed by atoms with Crippen molar-refractivity contribution in [3.63, 3.8) is 0 Å². The van der Waals surface area contributed by atoms with E-state index in [0.717, 1.165) is 18.4 Å². The van der Waals surface area contributed by atoms with E-state index in [4.69, 9.17) is 0 Å². The maximum atomic E-state index is 13.8. The molecule has 0 aromatic heterocycles. The van der Waals surface area contributed by atoms with Gasteiger partial charge in [0, 0.05) is 17.7 Å². The molecule has 3 aromatic rings. The summed E-state index contributed by atoms with van der Waals surface area (Å²) in [5.74, 6) is -0.255. The van der Waals surface area contributed by atoms with Gasteiger partial charge in [0.1, 0.15) is 5.82 Å². The predicted molar refractivity (Wildman–Crippen MR) is 98.9 cm³/mol. The fourth-order valence-corrected chi connectivity index (χ4v) is 2.73. The van der Waals surface area contributed by atoms with Crippen LogP contribution in [0.4, 0.5) is 4.39 Å². The van der Waals surface area contributed by atoms with Gasteiger partial charge in [-0.1, -0.05) is 60.7 Å². The van der Waals surface area contributed by atoms with E-state index in [0.29, 0.717) is 17.7 Å². The average molecular weight is 333 g/mol. The molecule has 1 N–H and O–H groups in total. The zero-order chi connectivity index (χ0) is 17.5. The summed E-state index contributed by atoms with van der Waals surface area (Å²) in [6, 6.07) is 23.9. The van der Waals surface area contributed by atoms with Crippen LogP contribution in [0.15, 0.2) is 78.9 Å². The van der Waals surface area contributed by atoms with Gasteiger partial charge < -0.3 is 5.32 Å². The van der Waals surface area contributed by atoms with Crippen molar-refractivity contribution >= 4 is 5.91 Å². The molecule has 0 saturated heterocycles. The van der Waals surface area contributed by atoms with E-state index < -0.39 is 0 Å². The van der Waals surface area contributed by atoms with Crippen LogP contribution >= 0.6 is 0 Å². The quantitative estimate of drug-likeness (QED) is 0.642. The minimum atomic E-state index is -0.209. The highest BCUT2D eigenvalue weighted by Gasteiger charge is 2.05. The van der Waals surface area contributed by atoms with Crippen molar-refractivity contribution in [1.82, 2.24) is 5.32 Å². The van der Waals surface area contributed by atoms with Crippen LogP contribution in [0.1, 0.15) is 22.3 Å². The van der Waals surface area contributed by atoms with Gasteiger partial charge in [-0.25, -0.2) is 4.39 Å². The molecule has 0 fully saturated rings. The van der Waals surface area contributed by atoms with Crippen molar-refractivity contribution in [1.29, 1.82) is 0 Å². The third-order valence-corrected chi connectivity index (χ3v) is 4.10. The fraction of sp³-hybridized carbons (Fsp3) is 0.136. The molecule has 0 aliphatic carbocycles. The minimum Gasteiger partial charge on any atom is -0.352 e. The molecule has 3 aromatic carbocycles. The number of nitrogens with one attached hydrogen (secondary N) is 1. The number of hydrogen-bond acceptors (Lipinski definition) is 1. The maximum absolute atomic E-state index is 13.8. The number of carbonyl (C=O) groups excluding carboxylic acids is 1. The topological polar surface area (TPSA) is 29.1 Å². The van der Waals surface area contributed by atoms with Gasteiger partial charge in [-0.15, -0.1) is 0 Å². The summed E-state index contributed by atoms with van der Waals surface area (Å²) in [5, 5.41) is 2.93. The average Bonchev–Trinajstić information content (AvgIpc) is 2.67. The van der Waals surface area contributed by atoms with E-state index >= 15 is 0 Å². The number of benzene rings is 3. The van der Waals surface area contributed by atoms with Gasteiger partial charge in [-0.05, 0) is 42.2 Å². The van der Waals surface area contributed by atoms with Crippen molar-refractivity contribution < 1.29 is 9.18 Å². The molecule has 0 saturated carbocycles. The van der Waals surface area contributed by atoms with Gasteiger partial charge in [0.25, 0.3) is 5.91 Å². The number of carbonyl (C=O) groups is 1. The molecule has 25 heavy (non-hydrogen) atoms. The first-order valence-corrected chi connectivity index (χ1v) is 8.41. The SMILES string of the molecule is O=C(NCCCc1ccc(-c2ccccc2F)cc1)c1ccccc1. The van der Waals surface area contributed by atoms with Crippen LogP contribution in [-0.4, -0.2) is 12.5 Å². The Balaban J connectivity index is 1.49. The Labute approximate surface area is 147 Å². The smallest absolute Gasteiger partial charge is 0.251 e. The second-order valence-electron chi connectivity index (χ2n) is 5.90. The summed E-state index contributed by atoms with van der Waals surface area (Å²) in [5.41, 5.74) is 3.34. The van der Waals surface area contributed by atoms with E-state index in [1.165, 1.54) is 11.6 Å². The molecule has 0 atom stereocenters. The predicted octanol–water partition coefficient (Wildman–Crippen LogP) is 4.86. The lowest BCUT2D eigenvalue weighted by Crippen LogP contribution is -2.24. The maximum Gasteiger partial charge on any atom is 0.251 e. The lowest BCUT2D eigenvalue weighted by Gasteiger charge is -2.07. The van der Waals surface area contributed by atoms with Crippen molar-refractivity contribution in [3.8, 4) is 11.1 Å². The molecule has 1 amide bonds. The Hall–Kier alpha value is -2.94. The first-order chi connectivity index (χ1) is 12.2. The summed E-state index contributed by atoms with van der Waals surface area (Å²) in [7, 11) is 0. The summed E-state index contributed by atoms with van der Waals surface area (Å²) in [4.78, 5) is 11.9. The number of rotatable bonds is 6. The molecule has 126 valence electrons. The number of halogens is 1. The summed E-state index contributed by atoms with van der Waals surface area (Å²) in [6.07, 6.45) is 1.73. The zero-order valence-corrected chi connectivity index (χ0v) is 13.9. The minimum absolute atomic E-state index is 0.0458. The second-order valence-corrected chi connectivity index (χ2v) is 5.90. The zero-order valence-electron chi connectivity index (χ0n) is 13.9. The van der Waals surface area contributed by atoms with Crippen LogP contribution in [0.2, 0.25) is 0 Å². The molecule has 0 unspecified atom stereocenters. The molecule has 0 aliphatic rings. The van der Waals surface area contributed by atoms with Crippen LogP contribution in [0.5, 0.6) is 0 Å². The lowest BCUT2D eigenvalue weighted by atomic mass is 10.0. The molecular weight excluding hydrogens is 313 g/mol. The summed E-state index contributed by atoms with van der Waals surface area (Å²) >= 11 is 0. The molecule has 2 nitrogen and oxygen atoms in total. The Kier molecular flexibility index (Phi) is 5.57. The van der Waals surface area contributed by atoms with Crippen LogP contribution in [0, 0.1) is 5.82 Å². The van der Waals surface area contributed by atoms with E-state index in [1.54, 1.807) is 24.3 Å². The van der Waals surface area contributed by atoms with Crippen molar-refractivity contribution in [2.45, 2.75) is 12.8 Å². The molecule has 0 heterocycles. The highest BCUT2D eigenvalue weighted by Crippen LogP contribution is 2.22. The summed E-state index contributed by atoms with van der Waals surface area (Å²) < 4.78 is 13.8. The van der Waals surface area contributed by atoms with Gasteiger partial charge in [0.2, 0.25) is 0 Å². The van der Waals surface area contributed by atoms with E-state index in [-0.39, 0.29) is 11.7 Å². The molecule has 3 heteroatoms. The van der Waals surface area contributed by atoms with E-state index in [9.17, 15) is 9.18 Å². The number of amides is 1. The van der Waals surface area contributed by atoms with E-state index in [2.05, 4.69) is 5.32 Å². The largest absolute Gasteiger partial charge is 0.352 e. The Morgan fingerprint density at radius 3 is 2.24 bits per heavy atom. The first kappa shape index (κ1) is 16.9. The van der Waals surface area contributed by atoms with Crippen LogP contribution < -0.4 is 5.32 Å². The van der Waals surface area contributed by atoms with Gasteiger partial charge in [0.05, 0.1) is 0 Å². The van der Waals surface area contributed by atoms with Crippen molar-refractivity contribution in [2.24, 2.45) is 0 Å². The van der Waals surface area contributed by atoms with Crippen molar-refractivity contribution in [3.05, 3.63) is 95.8 Å². The fourth-order valence-electron chi connectivity index (χ4n) is 2.73. The molecule has 0 spiro atoms. The third-order valence-electron chi connectivity index (χ3n) is 4.10. The van der Waals surface area contributed by atoms with Gasteiger partial charge in [-0.2, -0.15) is 0 Å². The second kappa shape index (κ2) is 8.25. The highest BCUT2D eigenvalue weighted by atomic mass is 19.1. The molecule has 0 bridgehead atoms. The van der Waals surface area contributed by atoms with E-state index in [1.807, 2.05) is 48.5 Å².